The maximum atomic E-state index is 14.6. The number of hydrogen-bond donors (Lipinski definition) is 0. The van der Waals surface area contributed by atoms with Gasteiger partial charge >= 0.3 is 0 Å². The first-order valence-corrected chi connectivity index (χ1v) is 14.1. The van der Waals surface area contributed by atoms with Crippen molar-refractivity contribution < 1.29 is 13.5 Å². The van der Waals surface area contributed by atoms with E-state index in [9.17, 15) is 8.78 Å². The quantitative estimate of drug-likeness (QED) is 0.268. The molecule has 0 atom stereocenters. The van der Waals surface area contributed by atoms with E-state index in [4.69, 9.17) is 14.8 Å². The van der Waals surface area contributed by atoms with Crippen molar-refractivity contribution in [2.24, 2.45) is 0 Å². The zero-order valence-corrected chi connectivity index (χ0v) is 22.2. The van der Waals surface area contributed by atoms with Crippen LogP contribution in [0.1, 0.15) is 24.1 Å². The minimum Gasteiger partial charge on any atom is -0.364 e. The van der Waals surface area contributed by atoms with Gasteiger partial charge in [0.05, 0.1) is 38.1 Å². The van der Waals surface area contributed by atoms with Crippen LogP contribution in [0.5, 0.6) is 0 Å². The Morgan fingerprint density at radius 1 is 0.850 bits per heavy atom. The zero-order valence-electron chi connectivity index (χ0n) is 22.2. The summed E-state index contributed by atoms with van der Waals surface area (Å²) in [5.74, 6) is -1.73. The van der Waals surface area contributed by atoms with E-state index in [1.807, 2.05) is 42.7 Å². The minimum absolute atomic E-state index is 0.459. The van der Waals surface area contributed by atoms with Crippen LogP contribution in [-0.4, -0.2) is 59.0 Å². The summed E-state index contributed by atoms with van der Waals surface area (Å²) in [6, 6.07) is 18.5. The van der Waals surface area contributed by atoms with Gasteiger partial charge in [-0.3, -0.25) is 9.88 Å². The Morgan fingerprint density at radius 2 is 1.62 bits per heavy atom. The van der Waals surface area contributed by atoms with Gasteiger partial charge in [0.2, 0.25) is 0 Å². The number of benzene rings is 3. The Bertz CT molecular complexity index is 1740. The number of quaternary nitrogens is 1. The summed E-state index contributed by atoms with van der Waals surface area (Å²) < 4.78 is 36.0. The highest BCUT2D eigenvalue weighted by Gasteiger charge is 2.49. The number of fused-ring (bicyclic) bond motifs is 5. The first-order chi connectivity index (χ1) is 19.5. The van der Waals surface area contributed by atoms with Crippen LogP contribution in [0.2, 0.25) is 0 Å². The molecule has 3 saturated heterocycles. The largest absolute Gasteiger partial charge is 0.364 e. The molecule has 202 valence electrons. The number of nitrogens with zero attached hydrogens (tertiary/aromatic N) is 5. The number of piperazine rings is 3. The van der Waals surface area contributed by atoms with Gasteiger partial charge in [0.1, 0.15) is 30.8 Å². The normalized spacial score (nSPS) is 23.2. The Balaban J connectivity index is 1.29. The van der Waals surface area contributed by atoms with Crippen molar-refractivity contribution in [1.82, 2.24) is 24.4 Å². The van der Waals surface area contributed by atoms with E-state index in [1.165, 1.54) is 12.1 Å². The molecule has 9 rings (SSSR count). The molecule has 1 saturated carbocycles. The average molecular weight is 539 g/mol. The highest BCUT2D eigenvalue weighted by atomic mass is 19.2. The Labute approximate surface area is 231 Å². The number of aromatic nitrogens is 3. The predicted molar refractivity (Wildman–Crippen MR) is 151 cm³/mol. The molecule has 5 heterocycles. The fourth-order valence-corrected chi connectivity index (χ4v) is 6.65. The Kier molecular flexibility index (Phi) is 5.36. The number of halogens is 2. The Hall–Kier alpha value is -3.72. The highest BCUT2D eigenvalue weighted by molar-refractivity contribution is 6.04. The van der Waals surface area contributed by atoms with Crippen LogP contribution >= 0.6 is 0 Å². The van der Waals surface area contributed by atoms with E-state index in [0.29, 0.717) is 12.2 Å². The van der Waals surface area contributed by atoms with Crippen molar-refractivity contribution in [2.75, 3.05) is 39.3 Å². The molecule has 4 fully saturated rings. The van der Waals surface area contributed by atoms with Crippen molar-refractivity contribution in [3.63, 3.8) is 0 Å². The third-order valence-corrected chi connectivity index (χ3v) is 9.16. The van der Waals surface area contributed by atoms with Crippen molar-refractivity contribution in [2.45, 2.75) is 25.0 Å². The van der Waals surface area contributed by atoms with Crippen molar-refractivity contribution in [3.05, 3.63) is 95.9 Å². The third kappa shape index (κ3) is 3.78. The molecule has 3 aromatic carbocycles. The van der Waals surface area contributed by atoms with Crippen LogP contribution in [0.4, 0.5) is 8.78 Å². The molecule has 1 aliphatic carbocycles. The summed E-state index contributed by atoms with van der Waals surface area (Å²) >= 11 is 0. The summed E-state index contributed by atoms with van der Waals surface area (Å²) in [6.07, 6.45) is 5.50. The number of pyridine rings is 1. The van der Waals surface area contributed by atoms with E-state index in [1.54, 1.807) is 6.07 Å². The van der Waals surface area contributed by atoms with Gasteiger partial charge in [-0.05, 0) is 53.6 Å². The minimum atomic E-state index is -0.871. The summed E-state index contributed by atoms with van der Waals surface area (Å²) in [4.78, 5) is 9.70. The van der Waals surface area contributed by atoms with Crippen LogP contribution < -0.4 is 4.59 Å². The smallest absolute Gasteiger partial charge is 0.159 e. The van der Waals surface area contributed by atoms with Crippen LogP contribution in [0.25, 0.3) is 32.8 Å². The molecule has 0 spiro atoms. The topological polar surface area (TPSA) is 43.2 Å². The molecule has 8 heteroatoms. The lowest BCUT2D eigenvalue weighted by Crippen LogP contribution is -2.73. The highest BCUT2D eigenvalue weighted by Crippen LogP contribution is 2.53. The maximum absolute atomic E-state index is 14.6. The third-order valence-electron chi connectivity index (χ3n) is 9.16. The second kappa shape index (κ2) is 8.89. The molecular formula is C32H30F2N5O+. The number of rotatable bonds is 6. The molecule has 2 bridgehead atoms. The molecule has 0 N–H and O–H groups in total. The molecule has 6 nitrogen and oxygen atoms in total. The molecule has 0 amide bonds. The first kappa shape index (κ1) is 24.1. The zero-order chi connectivity index (χ0) is 26.9. The SMILES string of the molecule is Fc1ccc(-c2c(C3(OCc4ccccc4)CC3)ncc3cc4c(cnn4[N+]45CCN(CC4)CC5)cc23)cc1F. The van der Waals surface area contributed by atoms with E-state index < -0.39 is 17.2 Å². The van der Waals surface area contributed by atoms with Gasteiger partial charge in [-0.25, -0.2) is 8.78 Å². The Morgan fingerprint density at radius 3 is 2.35 bits per heavy atom. The van der Waals surface area contributed by atoms with Gasteiger partial charge in [0, 0.05) is 22.5 Å². The molecular weight excluding hydrogens is 508 g/mol. The molecule has 0 unspecified atom stereocenters. The van der Waals surface area contributed by atoms with Crippen LogP contribution in [0, 0.1) is 11.6 Å². The van der Waals surface area contributed by atoms with Gasteiger partial charge in [-0.15, -0.1) is 9.89 Å². The lowest BCUT2D eigenvalue weighted by molar-refractivity contribution is -0.0169. The van der Waals surface area contributed by atoms with Crippen molar-refractivity contribution in [1.29, 1.82) is 0 Å². The number of ether oxygens (including phenoxy) is 1. The summed E-state index contributed by atoms with van der Waals surface area (Å²) in [5, 5.41) is 7.83. The van der Waals surface area contributed by atoms with E-state index in [2.05, 4.69) is 21.8 Å². The molecule has 2 aromatic heterocycles. The predicted octanol–water partition coefficient (Wildman–Crippen LogP) is 5.50. The van der Waals surface area contributed by atoms with Crippen LogP contribution in [-0.2, 0) is 16.9 Å². The number of hydrogen-bond acceptors (Lipinski definition) is 4. The van der Waals surface area contributed by atoms with Gasteiger partial charge in [-0.1, -0.05) is 36.4 Å². The molecule has 3 aliphatic heterocycles. The lowest BCUT2D eigenvalue weighted by Gasteiger charge is -2.48. The van der Waals surface area contributed by atoms with Crippen LogP contribution in [0.15, 0.2) is 73.1 Å². The van der Waals surface area contributed by atoms with Gasteiger partial charge in [0.25, 0.3) is 0 Å². The standard InChI is InChI=1S/C32H30F2N5O/c33-27-7-6-23(17-28(27)34)30-26-16-25-20-36-38(39-13-10-37(11-14-39)12-15-39)29(25)18-24(26)19-35-31(30)32(8-9-32)40-21-22-4-2-1-3-5-22/h1-7,16-20H,8-15,21H2/q+1. The average Bonchev–Trinajstić information content (AvgIpc) is 3.68. The molecule has 5 aromatic rings. The monoisotopic (exact) mass is 538 g/mol. The summed E-state index contributed by atoms with van der Waals surface area (Å²) in [6.45, 7) is 6.87. The van der Waals surface area contributed by atoms with Gasteiger partial charge < -0.3 is 4.74 Å². The first-order valence-electron chi connectivity index (χ1n) is 14.1. The van der Waals surface area contributed by atoms with E-state index in [0.717, 1.165) is 95.2 Å². The fourth-order valence-electron chi connectivity index (χ4n) is 6.65. The van der Waals surface area contributed by atoms with Gasteiger partial charge in [0.15, 0.2) is 11.6 Å². The van der Waals surface area contributed by atoms with Crippen LogP contribution in [0.3, 0.4) is 0 Å². The molecule has 40 heavy (non-hydrogen) atoms. The summed E-state index contributed by atoms with van der Waals surface area (Å²) in [5.41, 5.74) is 3.79. The van der Waals surface area contributed by atoms with E-state index in [-0.39, 0.29) is 0 Å². The van der Waals surface area contributed by atoms with E-state index >= 15 is 0 Å². The second-order valence-electron chi connectivity index (χ2n) is 11.5. The summed E-state index contributed by atoms with van der Waals surface area (Å²) in [7, 11) is 0. The van der Waals surface area contributed by atoms with Crippen molar-refractivity contribution in [3.8, 4) is 11.1 Å². The van der Waals surface area contributed by atoms with Crippen molar-refractivity contribution >= 4 is 21.7 Å². The van der Waals surface area contributed by atoms with Gasteiger partial charge in [-0.2, -0.15) is 4.59 Å². The fraction of sp³-hybridized carbons (Fsp3) is 0.312. The molecule has 4 aliphatic rings. The lowest BCUT2D eigenvalue weighted by atomic mass is 9.93. The maximum Gasteiger partial charge on any atom is 0.159 e. The second-order valence-corrected chi connectivity index (χ2v) is 11.5. The molecule has 0 radical (unpaired) electrons.